The summed E-state index contributed by atoms with van der Waals surface area (Å²) in [5, 5.41) is 0. The third-order valence-electron chi connectivity index (χ3n) is 5.57. The topological polar surface area (TPSA) is 42.4 Å². The Morgan fingerprint density at radius 1 is 1.24 bits per heavy atom. The van der Waals surface area contributed by atoms with Crippen LogP contribution in [0.4, 0.5) is 0 Å². The summed E-state index contributed by atoms with van der Waals surface area (Å²) in [4.78, 5) is 2.68. The van der Waals surface area contributed by atoms with Gasteiger partial charge in [-0.2, -0.15) is 0 Å². The molecule has 0 aromatic carbocycles. The number of aryl methyl sites for hydroxylation is 1. The molecule has 0 bridgehead atoms. The van der Waals surface area contributed by atoms with Crippen LogP contribution in [0.2, 0.25) is 0 Å². The van der Waals surface area contributed by atoms with E-state index in [1.807, 2.05) is 6.92 Å². The van der Waals surface area contributed by atoms with Gasteiger partial charge in [0.15, 0.2) is 0 Å². The van der Waals surface area contributed by atoms with Crippen LogP contribution >= 0.6 is 0 Å². The first kappa shape index (κ1) is 15.1. The van der Waals surface area contributed by atoms with Crippen molar-refractivity contribution in [3.8, 4) is 0 Å². The number of nitrogens with two attached hydrogens (primary N) is 1. The molecule has 2 heterocycles. The quantitative estimate of drug-likeness (QED) is 0.890. The summed E-state index contributed by atoms with van der Waals surface area (Å²) in [6, 6.07) is 5.36. The monoisotopic (exact) mass is 290 g/mol. The van der Waals surface area contributed by atoms with E-state index in [1.54, 1.807) is 0 Å². The highest BCUT2D eigenvalue weighted by Crippen LogP contribution is 2.40. The average Bonchev–Trinajstić information content (AvgIpc) is 3.19. The van der Waals surface area contributed by atoms with Gasteiger partial charge in [-0.15, -0.1) is 0 Å². The molecule has 1 saturated carbocycles. The molecular weight excluding hydrogens is 260 g/mol. The zero-order valence-corrected chi connectivity index (χ0v) is 13.6. The lowest BCUT2D eigenvalue weighted by atomic mass is 9.93. The molecule has 3 atom stereocenters. The van der Waals surface area contributed by atoms with Crippen molar-refractivity contribution in [1.82, 2.24) is 4.90 Å². The smallest absolute Gasteiger partial charge is 0.122 e. The number of nitrogens with zero attached hydrogens (tertiary/aromatic N) is 1. The fourth-order valence-electron chi connectivity index (χ4n) is 4.46. The third-order valence-corrected chi connectivity index (χ3v) is 5.57. The molecule has 3 nitrogen and oxygen atoms in total. The van der Waals surface area contributed by atoms with Crippen LogP contribution in [0, 0.1) is 12.8 Å². The van der Waals surface area contributed by atoms with Crippen molar-refractivity contribution in [2.24, 2.45) is 11.7 Å². The van der Waals surface area contributed by atoms with Gasteiger partial charge in [0.1, 0.15) is 11.5 Å². The minimum absolute atomic E-state index is 0.164. The first-order valence-electron chi connectivity index (χ1n) is 8.78. The molecule has 118 valence electrons. The van der Waals surface area contributed by atoms with Gasteiger partial charge in [0, 0.05) is 12.1 Å². The molecule has 2 aliphatic rings. The SMILES string of the molecule is CCC(N)C(c1ccc(C)o1)N1CCCC1C1CCCC1. The van der Waals surface area contributed by atoms with Crippen molar-refractivity contribution >= 4 is 0 Å². The molecule has 0 radical (unpaired) electrons. The second-order valence-corrected chi connectivity index (χ2v) is 6.96. The minimum Gasteiger partial charge on any atom is -0.465 e. The summed E-state index contributed by atoms with van der Waals surface area (Å²) in [5.41, 5.74) is 6.50. The van der Waals surface area contributed by atoms with E-state index in [-0.39, 0.29) is 12.1 Å². The van der Waals surface area contributed by atoms with Crippen molar-refractivity contribution in [2.45, 2.75) is 76.9 Å². The fourth-order valence-corrected chi connectivity index (χ4v) is 4.46. The zero-order chi connectivity index (χ0) is 14.8. The third kappa shape index (κ3) is 3.04. The second-order valence-electron chi connectivity index (χ2n) is 6.96. The van der Waals surface area contributed by atoms with Crippen molar-refractivity contribution in [2.75, 3.05) is 6.54 Å². The van der Waals surface area contributed by atoms with Gasteiger partial charge in [0.25, 0.3) is 0 Å². The van der Waals surface area contributed by atoms with Gasteiger partial charge in [-0.1, -0.05) is 19.8 Å². The summed E-state index contributed by atoms with van der Waals surface area (Å²) in [6.07, 6.45) is 9.31. The fraction of sp³-hybridized carbons (Fsp3) is 0.778. The van der Waals surface area contributed by atoms with Crippen LogP contribution in [0.5, 0.6) is 0 Å². The van der Waals surface area contributed by atoms with E-state index < -0.39 is 0 Å². The molecule has 1 aliphatic carbocycles. The molecular formula is C18H30N2O. The Bertz CT molecular complexity index is 450. The Kier molecular flexibility index (Phi) is 4.70. The molecule has 3 heteroatoms. The van der Waals surface area contributed by atoms with E-state index in [0.29, 0.717) is 0 Å². The van der Waals surface area contributed by atoms with Crippen LogP contribution in [-0.4, -0.2) is 23.5 Å². The Balaban J connectivity index is 1.84. The Morgan fingerprint density at radius 2 is 2.00 bits per heavy atom. The van der Waals surface area contributed by atoms with Crippen LogP contribution in [0.15, 0.2) is 16.5 Å². The molecule has 2 fully saturated rings. The lowest BCUT2D eigenvalue weighted by Gasteiger charge is -2.37. The summed E-state index contributed by atoms with van der Waals surface area (Å²) in [5.74, 6) is 2.96. The molecule has 2 N–H and O–H groups in total. The highest BCUT2D eigenvalue weighted by molar-refractivity contribution is 5.13. The van der Waals surface area contributed by atoms with E-state index in [9.17, 15) is 0 Å². The number of hydrogen-bond donors (Lipinski definition) is 1. The van der Waals surface area contributed by atoms with E-state index in [4.69, 9.17) is 10.2 Å². The molecule has 1 saturated heterocycles. The molecule has 0 amide bonds. The number of likely N-dealkylation sites (tertiary alicyclic amines) is 1. The second kappa shape index (κ2) is 6.53. The van der Waals surface area contributed by atoms with Crippen LogP contribution in [0.25, 0.3) is 0 Å². The minimum atomic E-state index is 0.164. The lowest BCUT2D eigenvalue weighted by Crippen LogP contribution is -2.45. The number of hydrogen-bond acceptors (Lipinski definition) is 3. The van der Waals surface area contributed by atoms with E-state index >= 15 is 0 Å². The van der Waals surface area contributed by atoms with Crippen molar-refractivity contribution < 1.29 is 4.42 Å². The summed E-state index contributed by atoms with van der Waals surface area (Å²) in [6.45, 7) is 5.39. The molecule has 1 aliphatic heterocycles. The first-order valence-corrected chi connectivity index (χ1v) is 8.78. The Hall–Kier alpha value is -0.800. The highest BCUT2D eigenvalue weighted by atomic mass is 16.3. The lowest BCUT2D eigenvalue weighted by molar-refractivity contribution is 0.100. The maximum Gasteiger partial charge on any atom is 0.122 e. The van der Waals surface area contributed by atoms with Gasteiger partial charge in [-0.25, -0.2) is 0 Å². The summed E-state index contributed by atoms with van der Waals surface area (Å²) in [7, 11) is 0. The van der Waals surface area contributed by atoms with E-state index in [1.165, 1.54) is 45.1 Å². The zero-order valence-electron chi connectivity index (χ0n) is 13.6. The molecule has 1 aromatic heterocycles. The molecule has 0 spiro atoms. The highest BCUT2D eigenvalue weighted by Gasteiger charge is 2.40. The number of rotatable bonds is 5. The van der Waals surface area contributed by atoms with Gasteiger partial charge >= 0.3 is 0 Å². The first-order chi connectivity index (χ1) is 10.2. The van der Waals surface area contributed by atoms with Crippen LogP contribution < -0.4 is 5.73 Å². The number of furan rings is 1. The van der Waals surface area contributed by atoms with E-state index in [2.05, 4.69) is 24.0 Å². The maximum absolute atomic E-state index is 6.50. The van der Waals surface area contributed by atoms with Crippen LogP contribution in [-0.2, 0) is 0 Å². The van der Waals surface area contributed by atoms with Gasteiger partial charge in [0.05, 0.1) is 6.04 Å². The summed E-state index contributed by atoms with van der Waals surface area (Å²) >= 11 is 0. The molecule has 21 heavy (non-hydrogen) atoms. The van der Waals surface area contributed by atoms with Crippen molar-refractivity contribution in [1.29, 1.82) is 0 Å². The molecule has 1 aromatic rings. The van der Waals surface area contributed by atoms with Crippen molar-refractivity contribution in [3.63, 3.8) is 0 Å². The van der Waals surface area contributed by atoms with Gasteiger partial charge < -0.3 is 10.2 Å². The van der Waals surface area contributed by atoms with Gasteiger partial charge in [0.2, 0.25) is 0 Å². The van der Waals surface area contributed by atoms with Gasteiger partial charge in [-0.3, -0.25) is 4.90 Å². The largest absolute Gasteiger partial charge is 0.465 e. The Labute approximate surface area is 128 Å². The van der Waals surface area contributed by atoms with Crippen LogP contribution in [0.1, 0.15) is 69.4 Å². The predicted octanol–water partition coefficient (Wildman–Crippen LogP) is 4.02. The molecule has 3 rings (SSSR count). The standard InChI is InChI=1S/C18H30N2O/c1-3-15(19)18(17-11-10-13(2)21-17)20-12-6-9-16(20)14-7-4-5-8-14/h10-11,14-16,18H,3-9,12,19H2,1-2H3. The predicted molar refractivity (Wildman–Crippen MR) is 86.1 cm³/mol. The normalized spacial score (nSPS) is 27.3. The summed E-state index contributed by atoms with van der Waals surface area (Å²) < 4.78 is 5.97. The average molecular weight is 290 g/mol. The Morgan fingerprint density at radius 3 is 2.62 bits per heavy atom. The van der Waals surface area contributed by atoms with Crippen molar-refractivity contribution in [3.05, 3.63) is 23.7 Å². The van der Waals surface area contributed by atoms with Crippen LogP contribution in [0.3, 0.4) is 0 Å². The van der Waals surface area contributed by atoms with E-state index in [0.717, 1.165) is 29.9 Å². The van der Waals surface area contributed by atoms with Gasteiger partial charge in [-0.05, 0) is 63.6 Å². The molecule has 3 unspecified atom stereocenters. The maximum atomic E-state index is 6.50.